The molecule has 1 amide bonds. The van der Waals surface area contributed by atoms with Gasteiger partial charge in [-0.15, -0.1) is 0 Å². The van der Waals surface area contributed by atoms with E-state index in [0.29, 0.717) is 5.56 Å². The molecule has 1 N–H and O–H groups in total. The average Bonchev–Trinajstić information content (AvgIpc) is 2.38. The van der Waals surface area contributed by atoms with Gasteiger partial charge in [0.25, 0.3) is 5.91 Å². The number of hydrogen-bond donors (Lipinski definition) is 1. The maximum absolute atomic E-state index is 12.1. The van der Waals surface area contributed by atoms with E-state index in [1.54, 1.807) is 25.2 Å². The Labute approximate surface area is 107 Å². The Morgan fingerprint density at radius 3 is 2.56 bits per heavy atom. The van der Waals surface area contributed by atoms with Gasteiger partial charge in [-0.25, -0.2) is 4.98 Å². The minimum absolute atomic E-state index is 0.0262. The van der Waals surface area contributed by atoms with Crippen molar-refractivity contribution in [2.45, 2.75) is 6.92 Å². The third kappa shape index (κ3) is 2.14. The molecule has 2 aromatic rings. The highest BCUT2D eigenvalue weighted by Crippen LogP contribution is 2.24. The topological polar surface area (TPSA) is 45.2 Å². The van der Waals surface area contributed by atoms with Crippen LogP contribution >= 0.6 is 0 Å². The van der Waals surface area contributed by atoms with Crippen LogP contribution in [-0.2, 0) is 0 Å². The zero-order chi connectivity index (χ0) is 13.1. The number of carbonyl (C=O) groups excluding carboxylic acids is 1. The first-order chi connectivity index (χ1) is 8.65. The molecule has 0 fully saturated rings. The summed E-state index contributed by atoms with van der Waals surface area (Å²) in [6, 6.07) is 7.82. The summed E-state index contributed by atoms with van der Waals surface area (Å²) >= 11 is 0. The maximum Gasteiger partial charge on any atom is 0.255 e. The lowest BCUT2D eigenvalue weighted by atomic mass is 10.1. The van der Waals surface area contributed by atoms with E-state index in [-0.39, 0.29) is 5.91 Å². The van der Waals surface area contributed by atoms with E-state index in [4.69, 9.17) is 0 Å². The summed E-state index contributed by atoms with van der Waals surface area (Å²) in [6.07, 6.45) is 1.64. The molecule has 0 bridgehead atoms. The van der Waals surface area contributed by atoms with Gasteiger partial charge >= 0.3 is 0 Å². The predicted octanol–water partition coefficient (Wildman–Crippen LogP) is 2.37. The molecular weight excluding hydrogens is 226 g/mol. The van der Waals surface area contributed by atoms with Crippen LogP contribution in [0.2, 0.25) is 0 Å². The minimum Gasteiger partial charge on any atom is -0.370 e. The van der Waals surface area contributed by atoms with E-state index < -0.39 is 0 Å². The number of pyridine rings is 1. The van der Waals surface area contributed by atoms with Crippen LogP contribution in [0.25, 0.3) is 10.8 Å². The van der Waals surface area contributed by atoms with Crippen molar-refractivity contribution in [3.05, 3.63) is 36.0 Å². The zero-order valence-electron chi connectivity index (χ0n) is 10.9. The first kappa shape index (κ1) is 12.4. The van der Waals surface area contributed by atoms with Gasteiger partial charge in [0.2, 0.25) is 0 Å². The minimum atomic E-state index is -0.0262. The normalized spacial score (nSPS) is 10.4. The van der Waals surface area contributed by atoms with Gasteiger partial charge in [-0.1, -0.05) is 24.3 Å². The predicted molar refractivity (Wildman–Crippen MR) is 73.9 cm³/mol. The van der Waals surface area contributed by atoms with Crippen LogP contribution in [0.4, 0.5) is 5.82 Å². The molecule has 0 aliphatic carbocycles. The highest BCUT2D eigenvalue weighted by molar-refractivity contribution is 6.09. The lowest BCUT2D eigenvalue weighted by molar-refractivity contribution is 0.0829. The number of nitrogens with zero attached hydrogens (tertiary/aromatic N) is 2. The largest absolute Gasteiger partial charge is 0.370 e. The Bertz CT molecular complexity index is 578. The van der Waals surface area contributed by atoms with Gasteiger partial charge in [-0.05, 0) is 12.3 Å². The van der Waals surface area contributed by atoms with Gasteiger partial charge in [0.1, 0.15) is 5.82 Å². The number of nitrogens with one attached hydrogen (secondary N) is 1. The summed E-state index contributed by atoms with van der Waals surface area (Å²) in [5, 5.41) is 5.12. The molecule has 2 rings (SSSR count). The monoisotopic (exact) mass is 243 g/mol. The van der Waals surface area contributed by atoms with Crippen LogP contribution < -0.4 is 5.32 Å². The van der Waals surface area contributed by atoms with Gasteiger partial charge in [0.05, 0.1) is 5.56 Å². The number of aromatic nitrogens is 1. The summed E-state index contributed by atoms with van der Waals surface area (Å²) < 4.78 is 0. The fraction of sp³-hybridized carbons (Fsp3) is 0.286. The molecule has 0 spiro atoms. The Morgan fingerprint density at radius 2 is 1.94 bits per heavy atom. The van der Waals surface area contributed by atoms with E-state index in [0.717, 1.165) is 23.1 Å². The molecule has 0 aliphatic rings. The molecule has 94 valence electrons. The van der Waals surface area contributed by atoms with Crippen molar-refractivity contribution in [2.75, 3.05) is 26.0 Å². The molecule has 1 aromatic carbocycles. The van der Waals surface area contributed by atoms with Crippen molar-refractivity contribution < 1.29 is 4.79 Å². The number of fused-ring (bicyclic) bond motifs is 1. The Hall–Kier alpha value is -2.10. The molecule has 0 atom stereocenters. The van der Waals surface area contributed by atoms with Gasteiger partial charge < -0.3 is 10.2 Å². The number of hydrogen-bond acceptors (Lipinski definition) is 3. The fourth-order valence-electron chi connectivity index (χ4n) is 1.91. The van der Waals surface area contributed by atoms with Crippen LogP contribution in [0, 0.1) is 0 Å². The van der Waals surface area contributed by atoms with Crippen LogP contribution in [0.5, 0.6) is 0 Å². The summed E-state index contributed by atoms with van der Waals surface area (Å²) in [5.41, 5.74) is 0.636. The third-order valence-corrected chi connectivity index (χ3v) is 2.78. The van der Waals surface area contributed by atoms with Crippen LogP contribution in [0.3, 0.4) is 0 Å². The van der Waals surface area contributed by atoms with E-state index in [2.05, 4.69) is 10.3 Å². The molecule has 4 nitrogen and oxygen atoms in total. The molecule has 1 aromatic heterocycles. The van der Waals surface area contributed by atoms with Crippen molar-refractivity contribution >= 4 is 22.5 Å². The van der Waals surface area contributed by atoms with Crippen LogP contribution in [0.15, 0.2) is 30.5 Å². The number of rotatable bonds is 3. The lowest BCUT2D eigenvalue weighted by Crippen LogP contribution is -2.22. The number of carbonyl (C=O) groups is 1. The smallest absolute Gasteiger partial charge is 0.255 e. The summed E-state index contributed by atoms with van der Waals surface area (Å²) in [5.74, 6) is 0.796. The second-order valence-electron chi connectivity index (χ2n) is 4.30. The Morgan fingerprint density at radius 1 is 1.28 bits per heavy atom. The Balaban J connectivity index is 2.64. The van der Waals surface area contributed by atoms with Crippen molar-refractivity contribution in [2.24, 2.45) is 0 Å². The summed E-state index contributed by atoms with van der Waals surface area (Å²) in [7, 11) is 3.49. The van der Waals surface area contributed by atoms with E-state index in [1.807, 2.05) is 31.2 Å². The Kier molecular flexibility index (Phi) is 3.46. The molecule has 18 heavy (non-hydrogen) atoms. The van der Waals surface area contributed by atoms with Crippen molar-refractivity contribution in [3.63, 3.8) is 0 Å². The molecule has 0 aliphatic heterocycles. The quantitative estimate of drug-likeness (QED) is 0.900. The highest BCUT2D eigenvalue weighted by atomic mass is 16.2. The van der Waals surface area contributed by atoms with Crippen LogP contribution in [-0.4, -0.2) is 36.4 Å². The summed E-state index contributed by atoms with van der Waals surface area (Å²) in [6.45, 7) is 2.83. The van der Waals surface area contributed by atoms with Crippen molar-refractivity contribution in [3.8, 4) is 0 Å². The zero-order valence-corrected chi connectivity index (χ0v) is 10.9. The standard InChI is InChI=1S/C14H17N3O/c1-4-15-13-11-8-6-5-7-10(11)12(9-16-13)14(18)17(2)3/h5-9H,4H2,1-3H3,(H,15,16). The van der Waals surface area contributed by atoms with Crippen LogP contribution in [0.1, 0.15) is 17.3 Å². The highest BCUT2D eigenvalue weighted by Gasteiger charge is 2.14. The average molecular weight is 243 g/mol. The molecule has 0 radical (unpaired) electrons. The second-order valence-corrected chi connectivity index (χ2v) is 4.30. The molecule has 4 heteroatoms. The van der Waals surface area contributed by atoms with Crippen molar-refractivity contribution in [1.82, 2.24) is 9.88 Å². The maximum atomic E-state index is 12.1. The van der Waals surface area contributed by atoms with Gasteiger partial charge in [-0.3, -0.25) is 4.79 Å². The van der Waals surface area contributed by atoms with E-state index >= 15 is 0 Å². The number of amides is 1. The third-order valence-electron chi connectivity index (χ3n) is 2.78. The fourth-order valence-corrected chi connectivity index (χ4v) is 1.91. The molecule has 0 saturated carbocycles. The van der Waals surface area contributed by atoms with Gasteiger partial charge in [0, 0.05) is 32.2 Å². The molecular formula is C14H17N3O. The first-order valence-corrected chi connectivity index (χ1v) is 5.98. The number of benzene rings is 1. The molecule has 0 saturated heterocycles. The van der Waals surface area contributed by atoms with Gasteiger partial charge in [0.15, 0.2) is 0 Å². The molecule has 0 unspecified atom stereocenters. The van der Waals surface area contributed by atoms with E-state index in [1.165, 1.54) is 0 Å². The molecule has 1 heterocycles. The number of anilines is 1. The lowest BCUT2D eigenvalue weighted by Gasteiger charge is -2.14. The van der Waals surface area contributed by atoms with Crippen molar-refractivity contribution in [1.29, 1.82) is 0 Å². The SMILES string of the molecule is CCNc1ncc(C(=O)N(C)C)c2ccccc12. The second kappa shape index (κ2) is 5.04. The first-order valence-electron chi connectivity index (χ1n) is 5.98. The van der Waals surface area contributed by atoms with E-state index in [9.17, 15) is 4.79 Å². The summed E-state index contributed by atoms with van der Waals surface area (Å²) in [4.78, 5) is 18.0. The van der Waals surface area contributed by atoms with Gasteiger partial charge in [-0.2, -0.15) is 0 Å².